The van der Waals surface area contributed by atoms with E-state index in [2.05, 4.69) is 38.6 Å². The van der Waals surface area contributed by atoms with Crippen LogP contribution in [0, 0.1) is 11.3 Å². The third-order valence-corrected chi connectivity index (χ3v) is 8.17. The number of hydrogen-bond donors (Lipinski definition) is 2. The van der Waals surface area contributed by atoms with Gasteiger partial charge in [0.05, 0.1) is 46.4 Å². The highest BCUT2D eigenvalue weighted by molar-refractivity contribution is 6.32. The highest BCUT2D eigenvalue weighted by Crippen LogP contribution is 2.38. The first kappa shape index (κ1) is 30.3. The molecule has 11 heteroatoms. The van der Waals surface area contributed by atoms with Gasteiger partial charge in [0.15, 0.2) is 0 Å². The van der Waals surface area contributed by atoms with Crippen molar-refractivity contribution in [1.29, 1.82) is 5.26 Å². The van der Waals surface area contributed by atoms with E-state index >= 15 is 0 Å². The topological polar surface area (TPSA) is 122 Å². The lowest BCUT2D eigenvalue weighted by atomic mass is 10.1. The van der Waals surface area contributed by atoms with Crippen molar-refractivity contribution < 1.29 is 19.0 Å². The molecule has 2 aromatic carbocycles. The molecule has 0 saturated carbocycles. The molecule has 2 saturated heterocycles. The summed E-state index contributed by atoms with van der Waals surface area (Å²) in [6.45, 7) is 2.37. The van der Waals surface area contributed by atoms with Gasteiger partial charge in [0.1, 0.15) is 30.3 Å². The summed E-state index contributed by atoms with van der Waals surface area (Å²) < 4.78 is 17.6. The molecule has 230 valence electrons. The molecule has 10 nitrogen and oxygen atoms in total. The van der Waals surface area contributed by atoms with E-state index in [-0.39, 0.29) is 24.7 Å². The third-order valence-electron chi connectivity index (χ3n) is 7.88. The van der Waals surface area contributed by atoms with Crippen LogP contribution in [0.4, 0.5) is 17.1 Å². The average Bonchev–Trinajstić information content (AvgIpc) is 3.72. The molecule has 1 amide bonds. The van der Waals surface area contributed by atoms with Gasteiger partial charge >= 0.3 is 0 Å². The molecule has 0 aliphatic carbocycles. The number of likely N-dealkylation sites (tertiary alicyclic amines) is 1. The molecule has 1 unspecified atom stereocenters. The lowest BCUT2D eigenvalue weighted by Crippen LogP contribution is -2.23. The number of halogens is 1. The van der Waals surface area contributed by atoms with Gasteiger partial charge in [-0.05, 0) is 62.8 Å². The standard InChI is InChI=1S/C34H33ClN6O4/c1-41-13-4-6-25(41)8-10-33(42)40-30-16-27-29(17-32(30)45-26-11-14-43-21-26)38-19-22(18-36)34(27)39-23-7-9-31(28(35)15-23)44-20-24-5-2-3-12-37-24/h2-3,5,7-10,12,15-17,19,25-26H,4,6,11,13-14,20-21H2,1H3,(H,38,39)(H,40,42)/b10-8+/t25?,26-/m0/s1. The second-order valence-electron chi connectivity index (χ2n) is 11.0. The normalized spacial score (nSPS) is 18.2. The number of nitriles is 1. The summed E-state index contributed by atoms with van der Waals surface area (Å²) in [5.74, 6) is 0.722. The van der Waals surface area contributed by atoms with Crippen molar-refractivity contribution in [2.75, 3.05) is 37.4 Å². The number of amides is 1. The summed E-state index contributed by atoms with van der Waals surface area (Å²) in [6.07, 6.45) is 9.46. The van der Waals surface area contributed by atoms with Gasteiger partial charge in [-0.1, -0.05) is 23.7 Å². The Labute approximate surface area is 266 Å². The first-order valence-electron chi connectivity index (χ1n) is 14.9. The molecule has 2 atom stereocenters. The van der Waals surface area contributed by atoms with Crippen LogP contribution in [0.5, 0.6) is 11.5 Å². The van der Waals surface area contributed by atoms with Crippen molar-refractivity contribution in [1.82, 2.24) is 14.9 Å². The summed E-state index contributed by atoms with van der Waals surface area (Å²) >= 11 is 6.58. The van der Waals surface area contributed by atoms with Gasteiger partial charge < -0.3 is 24.8 Å². The molecule has 4 heterocycles. The molecule has 2 fully saturated rings. The molecule has 2 aliphatic rings. The van der Waals surface area contributed by atoms with Crippen LogP contribution in [-0.4, -0.2) is 59.7 Å². The summed E-state index contributed by atoms with van der Waals surface area (Å²) in [4.78, 5) is 24.1. The Morgan fingerprint density at radius 2 is 2.11 bits per heavy atom. The monoisotopic (exact) mass is 624 g/mol. The fourth-order valence-corrected chi connectivity index (χ4v) is 5.68. The Kier molecular flexibility index (Phi) is 9.41. The number of anilines is 3. The van der Waals surface area contributed by atoms with E-state index in [9.17, 15) is 10.1 Å². The van der Waals surface area contributed by atoms with Gasteiger partial charge in [-0.25, -0.2) is 0 Å². The zero-order valence-corrected chi connectivity index (χ0v) is 25.6. The van der Waals surface area contributed by atoms with E-state index in [1.807, 2.05) is 30.3 Å². The van der Waals surface area contributed by atoms with Crippen molar-refractivity contribution in [2.24, 2.45) is 0 Å². The highest BCUT2D eigenvalue weighted by atomic mass is 35.5. The number of carbonyl (C=O) groups excluding carboxylic acids is 1. The van der Waals surface area contributed by atoms with Crippen LogP contribution < -0.4 is 20.1 Å². The maximum atomic E-state index is 13.1. The number of likely N-dealkylation sites (N-methyl/N-ethyl adjacent to an activating group) is 1. The summed E-state index contributed by atoms with van der Waals surface area (Å²) in [5.41, 5.74) is 3.34. The van der Waals surface area contributed by atoms with Gasteiger partial charge in [0, 0.05) is 48.1 Å². The number of nitrogens with one attached hydrogen (secondary N) is 2. The number of rotatable bonds is 10. The van der Waals surface area contributed by atoms with Crippen LogP contribution in [-0.2, 0) is 16.1 Å². The molecule has 0 spiro atoms. The Balaban J connectivity index is 1.29. The summed E-state index contributed by atoms with van der Waals surface area (Å²) in [6, 6.07) is 17.0. The molecular formula is C34H33ClN6O4. The molecule has 45 heavy (non-hydrogen) atoms. The van der Waals surface area contributed by atoms with Crippen LogP contribution in [0.3, 0.4) is 0 Å². The lowest BCUT2D eigenvalue weighted by Gasteiger charge is -2.19. The maximum Gasteiger partial charge on any atom is 0.248 e. The first-order chi connectivity index (χ1) is 22.0. The van der Waals surface area contributed by atoms with Gasteiger partial charge in [-0.2, -0.15) is 5.26 Å². The van der Waals surface area contributed by atoms with Gasteiger partial charge in [-0.3, -0.25) is 19.7 Å². The molecule has 0 bridgehead atoms. The van der Waals surface area contributed by atoms with Crippen LogP contribution in [0.25, 0.3) is 10.9 Å². The SMILES string of the molecule is CN1CCCC1/C=C/C(=O)Nc1cc2c(Nc3ccc(OCc4ccccn4)c(Cl)c3)c(C#N)cnc2cc1O[C@H]1CCOC1. The van der Waals surface area contributed by atoms with Gasteiger partial charge in [0.25, 0.3) is 0 Å². The zero-order valence-electron chi connectivity index (χ0n) is 24.8. The molecule has 2 aromatic heterocycles. The average molecular weight is 625 g/mol. The fourth-order valence-electron chi connectivity index (χ4n) is 5.45. The van der Waals surface area contributed by atoms with Gasteiger partial charge in [0.2, 0.25) is 5.91 Å². The smallest absolute Gasteiger partial charge is 0.248 e. The van der Waals surface area contributed by atoms with E-state index in [0.29, 0.717) is 63.3 Å². The summed E-state index contributed by atoms with van der Waals surface area (Å²) in [5, 5.41) is 17.3. The van der Waals surface area contributed by atoms with Crippen molar-refractivity contribution in [3.63, 3.8) is 0 Å². The number of fused-ring (bicyclic) bond motifs is 1. The van der Waals surface area contributed by atoms with Crippen molar-refractivity contribution >= 4 is 45.5 Å². The van der Waals surface area contributed by atoms with E-state index in [1.165, 1.54) is 6.20 Å². The lowest BCUT2D eigenvalue weighted by molar-refractivity contribution is -0.112. The summed E-state index contributed by atoms with van der Waals surface area (Å²) in [7, 11) is 2.06. The molecule has 6 rings (SSSR count). The Morgan fingerprint density at radius 3 is 2.84 bits per heavy atom. The molecule has 4 aromatic rings. The Bertz CT molecular complexity index is 1750. The fraction of sp³-hybridized carbons (Fsp3) is 0.294. The van der Waals surface area contributed by atoms with Crippen LogP contribution in [0.2, 0.25) is 5.02 Å². The van der Waals surface area contributed by atoms with Crippen LogP contribution in [0.1, 0.15) is 30.5 Å². The Hall–Kier alpha value is -4.69. The first-order valence-corrected chi connectivity index (χ1v) is 15.2. The minimum atomic E-state index is -0.269. The van der Waals surface area contributed by atoms with E-state index < -0.39 is 0 Å². The number of nitrogens with zero attached hydrogens (tertiary/aromatic N) is 4. The van der Waals surface area contributed by atoms with Gasteiger partial charge in [-0.15, -0.1) is 0 Å². The quantitative estimate of drug-likeness (QED) is 0.198. The van der Waals surface area contributed by atoms with Crippen LogP contribution in [0.15, 0.2) is 73.1 Å². The van der Waals surface area contributed by atoms with Crippen molar-refractivity contribution in [2.45, 2.75) is 38.0 Å². The molecule has 2 aliphatic heterocycles. The second kappa shape index (κ2) is 13.9. The maximum absolute atomic E-state index is 13.1. The predicted octanol–water partition coefficient (Wildman–Crippen LogP) is 6.23. The third kappa shape index (κ3) is 7.35. The molecule has 2 N–H and O–H groups in total. The second-order valence-corrected chi connectivity index (χ2v) is 11.5. The zero-order chi connectivity index (χ0) is 31.2. The van der Waals surface area contributed by atoms with Crippen LogP contribution >= 0.6 is 11.6 Å². The predicted molar refractivity (Wildman–Crippen MR) is 173 cm³/mol. The minimum absolute atomic E-state index is 0.141. The van der Waals surface area contributed by atoms with E-state index in [1.54, 1.807) is 36.5 Å². The van der Waals surface area contributed by atoms with Crippen molar-refractivity contribution in [3.8, 4) is 17.6 Å². The molecule has 0 radical (unpaired) electrons. The largest absolute Gasteiger partial charge is 0.486 e. The minimum Gasteiger partial charge on any atom is -0.486 e. The number of ether oxygens (including phenoxy) is 3. The number of hydrogen-bond acceptors (Lipinski definition) is 9. The van der Waals surface area contributed by atoms with Crippen molar-refractivity contribution in [3.05, 3.63) is 89.4 Å². The van der Waals surface area contributed by atoms with E-state index in [4.69, 9.17) is 25.8 Å². The number of benzene rings is 2. The number of pyridine rings is 2. The highest BCUT2D eigenvalue weighted by Gasteiger charge is 2.22. The number of aromatic nitrogens is 2. The Morgan fingerprint density at radius 1 is 1.20 bits per heavy atom. The van der Waals surface area contributed by atoms with E-state index in [0.717, 1.165) is 31.5 Å². The number of carbonyl (C=O) groups is 1. The molecular weight excluding hydrogens is 592 g/mol.